The second-order valence-electron chi connectivity index (χ2n) is 4.20. The van der Waals surface area contributed by atoms with E-state index >= 15 is 0 Å². The van der Waals surface area contributed by atoms with Gasteiger partial charge in [0.1, 0.15) is 6.29 Å². The van der Waals surface area contributed by atoms with Gasteiger partial charge in [-0.25, -0.2) is 0 Å². The van der Waals surface area contributed by atoms with Gasteiger partial charge in [-0.1, -0.05) is 0 Å². The molecule has 1 spiro atoms. The summed E-state index contributed by atoms with van der Waals surface area (Å²) in [6.45, 7) is 4.04. The summed E-state index contributed by atoms with van der Waals surface area (Å²) in [5, 5.41) is 0. The van der Waals surface area contributed by atoms with Crippen LogP contribution in [0.25, 0.3) is 0 Å². The van der Waals surface area contributed by atoms with Crippen LogP contribution in [-0.4, -0.2) is 37.4 Å². The number of carbonyl (C=O) groups excluding carboxylic acids is 1. The van der Waals surface area contributed by atoms with Crippen LogP contribution in [0.15, 0.2) is 0 Å². The van der Waals surface area contributed by atoms with Gasteiger partial charge in [0.25, 0.3) is 0 Å². The predicted molar refractivity (Wildman–Crippen MR) is 46.6 cm³/mol. The van der Waals surface area contributed by atoms with E-state index in [0.29, 0.717) is 11.5 Å². The van der Waals surface area contributed by atoms with Crippen LogP contribution < -0.4 is 5.73 Å². The third kappa shape index (κ3) is 0.756. The second kappa shape index (κ2) is 2.30. The van der Waals surface area contributed by atoms with Crippen LogP contribution in [0, 0.1) is 17.3 Å². The topological polar surface area (TPSA) is 46.3 Å². The second-order valence-corrected chi connectivity index (χ2v) is 4.20. The minimum Gasteiger partial charge on any atom is -0.327 e. The summed E-state index contributed by atoms with van der Waals surface area (Å²) in [4.78, 5) is 11.2. The fraction of sp³-hybridized carbons (Fsp3) is 0.889. The van der Waals surface area contributed by atoms with Crippen LogP contribution in [0.4, 0.5) is 0 Å². The van der Waals surface area contributed by atoms with Crippen LogP contribution in [0.5, 0.6) is 0 Å². The van der Waals surface area contributed by atoms with Crippen molar-refractivity contribution in [2.24, 2.45) is 23.0 Å². The van der Waals surface area contributed by atoms with Crippen molar-refractivity contribution in [3.8, 4) is 0 Å². The van der Waals surface area contributed by atoms with E-state index in [9.17, 15) is 0 Å². The molecule has 0 aromatic heterocycles. The van der Waals surface area contributed by atoms with Gasteiger partial charge in [0.2, 0.25) is 0 Å². The Morgan fingerprint density at radius 2 is 2.25 bits per heavy atom. The van der Waals surface area contributed by atoms with Gasteiger partial charge in [-0.05, 0) is 25.8 Å². The van der Waals surface area contributed by atoms with Crippen molar-refractivity contribution in [2.45, 2.75) is 13.0 Å². The molecule has 0 bridgehead atoms. The van der Waals surface area contributed by atoms with Gasteiger partial charge >= 0.3 is 0 Å². The molecule has 0 aromatic carbocycles. The highest BCUT2D eigenvalue weighted by Gasteiger charge is 2.87. The maximum absolute atomic E-state index is 8.81. The standard InChI is InChI=1S/C7H12N2.C2H4O/c1-9-2-4-5-6(8)7(4,5)3-9;1-2-3/h4-6H,2-3,8H2,1H3;2H,1H3. The summed E-state index contributed by atoms with van der Waals surface area (Å²) < 4.78 is 0. The molecule has 2 N–H and O–H groups in total. The highest BCUT2D eigenvalue weighted by molar-refractivity contribution is 5.44. The summed E-state index contributed by atoms with van der Waals surface area (Å²) in [5.41, 5.74) is 6.49. The van der Waals surface area contributed by atoms with E-state index in [0.717, 1.165) is 18.1 Å². The van der Waals surface area contributed by atoms with Gasteiger partial charge in [0.05, 0.1) is 0 Å². The molecule has 1 saturated heterocycles. The van der Waals surface area contributed by atoms with Gasteiger partial charge in [-0.15, -0.1) is 0 Å². The number of nitrogens with two attached hydrogens (primary N) is 1. The highest BCUT2D eigenvalue weighted by Crippen LogP contribution is 2.81. The molecule has 12 heavy (non-hydrogen) atoms. The number of piperidine rings is 1. The quantitative estimate of drug-likeness (QED) is 0.506. The Morgan fingerprint density at radius 1 is 1.67 bits per heavy atom. The molecule has 4 unspecified atom stereocenters. The highest BCUT2D eigenvalue weighted by atomic mass is 16.1. The zero-order valence-electron chi connectivity index (χ0n) is 7.66. The molecule has 68 valence electrons. The van der Waals surface area contributed by atoms with E-state index in [1.54, 1.807) is 0 Å². The molecule has 0 radical (unpaired) electrons. The Kier molecular flexibility index (Phi) is 1.57. The van der Waals surface area contributed by atoms with E-state index in [1.807, 2.05) is 0 Å². The minimum absolute atomic E-state index is 0.590. The van der Waals surface area contributed by atoms with Gasteiger partial charge < -0.3 is 15.4 Å². The zero-order chi connectivity index (χ0) is 8.93. The molecule has 2 saturated carbocycles. The van der Waals surface area contributed by atoms with Crippen molar-refractivity contribution in [1.29, 1.82) is 0 Å². The van der Waals surface area contributed by atoms with Gasteiger partial charge in [-0.3, -0.25) is 0 Å². The Labute approximate surface area is 72.9 Å². The van der Waals surface area contributed by atoms with Crippen LogP contribution in [0.2, 0.25) is 0 Å². The average Bonchev–Trinajstić information content (AvgIpc) is 2.75. The normalized spacial score (nSPS) is 53.1. The summed E-state index contributed by atoms with van der Waals surface area (Å²) in [5.74, 6) is 1.96. The van der Waals surface area contributed by atoms with Crippen LogP contribution >= 0.6 is 0 Å². The molecular formula is C9H16N2O. The predicted octanol–water partition coefficient (Wildman–Crippen LogP) is -0.290. The lowest BCUT2D eigenvalue weighted by molar-refractivity contribution is -0.106. The van der Waals surface area contributed by atoms with E-state index < -0.39 is 0 Å². The molecule has 3 rings (SSSR count). The molecular weight excluding hydrogens is 152 g/mol. The van der Waals surface area contributed by atoms with E-state index in [4.69, 9.17) is 10.5 Å². The van der Waals surface area contributed by atoms with Crippen molar-refractivity contribution >= 4 is 6.29 Å². The maximum Gasteiger partial charge on any atom is 0.116 e. The smallest absolute Gasteiger partial charge is 0.116 e. The molecule has 2 aliphatic carbocycles. The zero-order valence-corrected chi connectivity index (χ0v) is 7.66. The molecule has 3 heteroatoms. The molecule has 0 amide bonds. The number of aldehydes is 1. The van der Waals surface area contributed by atoms with Crippen molar-refractivity contribution in [2.75, 3.05) is 20.1 Å². The van der Waals surface area contributed by atoms with Crippen LogP contribution in [0.1, 0.15) is 6.92 Å². The number of likely N-dealkylation sites (tertiary alicyclic amines) is 1. The molecule has 0 aromatic rings. The third-order valence-electron chi connectivity index (χ3n) is 3.59. The number of nitrogens with zero attached hydrogens (tertiary/aromatic N) is 1. The fourth-order valence-corrected chi connectivity index (χ4v) is 2.95. The fourth-order valence-electron chi connectivity index (χ4n) is 2.95. The van der Waals surface area contributed by atoms with E-state index in [1.165, 1.54) is 20.0 Å². The van der Waals surface area contributed by atoms with Crippen LogP contribution in [0.3, 0.4) is 0 Å². The van der Waals surface area contributed by atoms with Gasteiger partial charge in [0.15, 0.2) is 0 Å². The molecule has 3 aliphatic rings. The number of fused-ring (bicyclic) bond motifs is 1. The molecule has 4 atom stereocenters. The summed E-state index contributed by atoms with van der Waals surface area (Å²) in [6.07, 6.45) is 0.750. The Morgan fingerprint density at radius 3 is 2.58 bits per heavy atom. The first-order chi connectivity index (χ1) is 5.68. The van der Waals surface area contributed by atoms with Crippen molar-refractivity contribution in [3.63, 3.8) is 0 Å². The Bertz CT molecular complexity index is 219. The first-order valence-electron chi connectivity index (χ1n) is 4.52. The maximum atomic E-state index is 8.81. The third-order valence-corrected chi connectivity index (χ3v) is 3.59. The van der Waals surface area contributed by atoms with E-state index in [2.05, 4.69) is 11.9 Å². The number of hydrogen-bond donors (Lipinski definition) is 1. The first-order valence-corrected chi connectivity index (χ1v) is 4.52. The molecule has 3 nitrogen and oxygen atoms in total. The monoisotopic (exact) mass is 168 g/mol. The van der Waals surface area contributed by atoms with Gasteiger partial charge in [0, 0.05) is 24.5 Å². The van der Waals surface area contributed by atoms with Gasteiger partial charge in [-0.2, -0.15) is 0 Å². The number of carbonyl (C=O) groups is 1. The lowest BCUT2D eigenvalue weighted by Crippen LogP contribution is -2.21. The van der Waals surface area contributed by atoms with Crippen molar-refractivity contribution in [3.05, 3.63) is 0 Å². The van der Waals surface area contributed by atoms with E-state index in [-0.39, 0.29) is 0 Å². The molecule has 1 heterocycles. The first kappa shape index (κ1) is 8.20. The summed E-state index contributed by atoms with van der Waals surface area (Å²) in [7, 11) is 2.20. The molecule has 3 fully saturated rings. The van der Waals surface area contributed by atoms with Crippen molar-refractivity contribution in [1.82, 2.24) is 4.90 Å². The molecule has 1 aliphatic heterocycles. The average molecular weight is 168 g/mol. The number of rotatable bonds is 0. The SMILES string of the molecule is CC=O.CN1CC2C3C(N)C23C1. The largest absolute Gasteiger partial charge is 0.327 e. The lowest BCUT2D eigenvalue weighted by Gasteiger charge is -2.06. The summed E-state index contributed by atoms with van der Waals surface area (Å²) >= 11 is 0. The summed E-state index contributed by atoms with van der Waals surface area (Å²) in [6, 6.07) is 0.590. The Hall–Kier alpha value is -0.410. The lowest BCUT2D eigenvalue weighted by atomic mass is 10.1. The number of hydrogen-bond acceptors (Lipinski definition) is 3. The van der Waals surface area contributed by atoms with Crippen molar-refractivity contribution < 1.29 is 4.79 Å². The Balaban J connectivity index is 0.000000169. The minimum atomic E-state index is 0.590. The van der Waals surface area contributed by atoms with Crippen LogP contribution in [-0.2, 0) is 4.79 Å².